The molecule has 1 aromatic carbocycles. The van der Waals surface area contributed by atoms with Crippen molar-refractivity contribution >= 4 is 47.0 Å². The van der Waals surface area contributed by atoms with Gasteiger partial charge in [-0.1, -0.05) is 18.2 Å². The monoisotopic (exact) mass is 457 g/mol. The summed E-state index contributed by atoms with van der Waals surface area (Å²) in [7, 11) is 0. The number of para-hydroxylation sites is 1. The molecule has 11 heteroatoms. The van der Waals surface area contributed by atoms with Crippen molar-refractivity contribution in [2.45, 2.75) is 22.9 Å². The zero-order valence-electron chi connectivity index (χ0n) is 16.2. The van der Waals surface area contributed by atoms with Crippen LogP contribution in [0, 0.1) is 0 Å². The molecule has 2 aliphatic rings. The third kappa shape index (κ3) is 4.37. The van der Waals surface area contributed by atoms with E-state index in [1.165, 1.54) is 34.8 Å². The summed E-state index contributed by atoms with van der Waals surface area (Å²) in [5.41, 5.74) is 7.70. The topological polar surface area (TPSA) is 139 Å². The molecule has 4 N–H and O–H groups in total. The molecule has 2 aromatic rings. The normalized spacial score (nSPS) is 20.1. The van der Waals surface area contributed by atoms with Crippen molar-refractivity contribution in [2.75, 3.05) is 17.2 Å². The summed E-state index contributed by atoms with van der Waals surface area (Å²) >= 11 is 2.82. The van der Waals surface area contributed by atoms with E-state index in [-0.39, 0.29) is 18.0 Å². The molecule has 1 fully saturated rings. The van der Waals surface area contributed by atoms with Gasteiger partial charge in [0, 0.05) is 23.4 Å². The number of hydrogen-bond acceptors (Lipinski definition) is 8. The van der Waals surface area contributed by atoms with Crippen molar-refractivity contribution < 1.29 is 19.5 Å². The first-order valence-electron chi connectivity index (χ1n) is 9.37. The van der Waals surface area contributed by atoms with Crippen molar-refractivity contribution in [1.29, 1.82) is 0 Å². The molecule has 2 atom stereocenters. The maximum absolute atomic E-state index is 12.7. The molecule has 9 nitrogen and oxygen atoms in total. The first-order chi connectivity index (χ1) is 15.0. The van der Waals surface area contributed by atoms with Crippen molar-refractivity contribution in [1.82, 2.24) is 20.2 Å². The Kier molecular flexibility index (Phi) is 6.14. The number of anilines is 1. The minimum Gasteiger partial charge on any atom is -0.477 e. The minimum absolute atomic E-state index is 0.00638. The number of thioether (sulfide) groups is 2. The average Bonchev–Trinajstić information content (AvgIpc) is 2.77. The lowest BCUT2D eigenvalue weighted by atomic mass is 10.0. The van der Waals surface area contributed by atoms with Gasteiger partial charge in [0.25, 0.3) is 5.91 Å². The maximum Gasteiger partial charge on any atom is 0.352 e. The van der Waals surface area contributed by atoms with Gasteiger partial charge in [-0.3, -0.25) is 14.5 Å². The van der Waals surface area contributed by atoms with Crippen molar-refractivity contribution in [2.24, 2.45) is 0 Å². The highest BCUT2D eigenvalue weighted by atomic mass is 32.2. The fraction of sp³-hybridized carbons (Fsp3) is 0.250. The quantitative estimate of drug-likeness (QED) is 0.242. The number of β-lactam (4-membered cyclic amide) rings is 1. The van der Waals surface area contributed by atoms with Crippen LogP contribution in [0.5, 0.6) is 0 Å². The molecule has 1 unspecified atom stereocenters. The van der Waals surface area contributed by atoms with Crippen LogP contribution in [-0.2, 0) is 20.8 Å². The van der Waals surface area contributed by atoms with Gasteiger partial charge in [-0.2, -0.15) is 0 Å². The number of amides is 2. The van der Waals surface area contributed by atoms with Crippen LogP contribution >= 0.6 is 23.5 Å². The van der Waals surface area contributed by atoms with Crippen LogP contribution in [0.25, 0.3) is 0 Å². The third-order valence-electron chi connectivity index (χ3n) is 4.92. The number of nitrogen functional groups attached to an aromatic ring is 1. The van der Waals surface area contributed by atoms with Gasteiger partial charge in [0.05, 0.1) is 11.4 Å². The summed E-state index contributed by atoms with van der Waals surface area (Å²) in [6, 6.07) is 8.02. The molecule has 1 saturated heterocycles. The van der Waals surface area contributed by atoms with Gasteiger partial charge in [0.2, 0.25) is 5.91 Å². The Morgan fingerprint density at radius 3 is 2.84 bits per heavy atom. The number of nitrogens with two attached hydrogens (primary N) is 1. The zero-order chi connectivity index (χ0) is 22.0. The van der Waals surface area contributed by atoms with Crippen LogP contribution in [0.1, 0.15) is 5.56 Å². The van der Waals surface area contributed by atoms with Crippen LogP contribution in [0.2, 0.25) is 0 Å². The van der Waals surface area contributed by atoms with Gasteiger partial charge in [-0.15, -0.1) is 23.5 Å². The Morgan fingerprint density at radius 1 is 1.32 bits per heavy atom. The van der Waals surface area contributed by atoms with Crippen LogP contribution in [0.4, 0.5) is 5.69 Å². The Balaban J connectivity index is 1.44. The fourth-order valence-electron chi connectivity index (χ4n) is 3.41. The highest BCUT2D eigenvalue weighted by molar-refractivity contribution is 8.01. The molecule has 31 heavy (non-hydrogen) atoms. The highest BCUT2D eigenvalue weighted by Gasteiger charge is 2.54. The van der Waals surface area contributed by atoms with Crippen LogP contribution < -0.4 is 11.1 Å². The highest BCUT2D eigenvalue weighted by Crippen LogP contribution is 2.41. The maximum atomic E-state index is 12.7. The second-order valence-electron chi connectivity index (χ2n) is 6.92. The standard InChI is InChI=1S/C20H19N5O4S2/c21-13-4-2-1-3-11(13)7-14(26)24-16-18(27)25-17(20(28)29)12(9-31-19(16)25)8-30-15-5-6-22-10-23-15/h1-6,10,16,19H,7-9,21H2,(H,24,26)(H,28,29)/t16?,19-/m0/s1. The van der Waals surface area contributed by atoms with E-state index in [0.717, 1.165) is 5.03 Å². The second kappa shape index (κ2) is 8.98. The van der Waals surface area contributed by atoms with E-state index in [4.69, 9.17) is 5.73 Å². The van der Waals surface area contributed by atoms with Gasteiger partial charge >= 0.3 is 5.97 Å². The summed E-state index contributed by atoms with van der Waals surface area (Å²) in [5.74, 6) is -1.06. The molecule has 3 heterocycles. The first-order valence-corrected chi connectivity index (χ1v) is 11.4. The Morgan fingerprint density at radius 2 is 2.13 bits per heavy atom. The van der Waals surface area contributed by atoms with Gasteiger partial charge in [0.15, 0.2) is 0 Å². The number of carboxylic acid groups (broad SMARTS) is 1. The van der Waals surface area contributed by atoms with Crippen molar-refractivity contribution in [3.05, 3.63) is 59.7 Å². The van der Waals surface area contributed by atoms with E-state index in [9.17, 15) is 19.5 Å². The Bertz CT molecular complexity index is 1060. The van der Waals surface area contributed by atoms with Gasteiger partial charge < -0.3 is 16.2 Å². The first kappa shape index (κ1) is 21.2. The Labute approximate surface area is 186 Å². The number of fused-ring (bicyclic) bond motifs is 1. The lowest BCUT2D eigenvalue weighted by molar-refractivity contribution is -0.150. The molecule has 0 spiro atoms. The number of carbonyl (C=O) groups is 3. The number of benzene rings is 1. The largest absolute Gasteiger partial charge is 0.477 e. The summed E-state index contributed by atoms with van der Waals surface area (Å²) in [5, 5.41) is 12.8. The minimum atomic E-state index is -1.15. The van der Waals surface area contributed by atoms with E-state index in [2.05, 4.69) is 15.3 Å². The summed E-state index contributed by atoms with van der Waals surface area (Å²) < 4.78 is 0. The lowest BCUT2D eigenvalue weighted by Gasteiger charge is -2.49. The van der Waals surface area contributed by atoms with Crippen molar-refractivity contribution in [3.8, 4) is 0 Å². The molecule has 160 valence electrons. The molecule has 0 radical (unpaired) electrons. The number of nitrogens with zero attached hydrogens (tertiary/aromatic N) is 3. The van der Waals surface area contributed by atoms with Gasteiger partial charge in [-0.25, -0.2) is 14.8 Å². The number of hydrogen-bond donors (Lipinski definition) is 3. The fourth-order valence-corrected chi connectivity index (χ4v) is 5.73. The third-order valence-corrected chi connectivity index (χ3v) is 7.29. The molecular formula is C20H19N5O4S2. The smallest absolute Gasteiger partial charge is 0.352 e. The average molecular weight is 458 g/mol. The predicted octanol–water partition coefficient (Wildman–Crippen LogP) is 1.13. The molecule has 2 amide bonds. The van der Waals surface area contributed by atoms with Crippen LogP contribution in [-0.4, -0.2) is 60.7 Å². The van der Waals surface area contributed by atoms with E-state index < -0.39 is 23.3 Å². The predicted molar refractivity (Wildman–Crippen MR) is 117 cm³/mol. The SMILES string of the molecule is Nc1ccccc1CC(=O)NC1C(=O)N2C(C(=O)O)=C(CSc3ccncn3)CS[C@@H]12. The number of aliphatic carboxylic acids is 1. The molecule has 0 bridgehead atoms. The number of carboxylic acids is 1. The molecular weight excluding hydrogens is 438 g/mol. The molecule has 4 rings (SSSR count). The van der Waals surface area contributed by atoms with Crippen LogP contribution in [0.15, 0.2) is 59.2 Å². The summed E-state index contributed by atoms with van der Waals surface area (Å²) in [6.45, 7) is 0. The van der Waals surface area contributed by atoms with Gasteiger partial charge in [0.1, 0.15) is 23.4 Å². The van der Waals surface area contributed by atoms with E-state index in [1.54, 1.807) is 36.5 Å². The van der Waals surface area contributed by atoms with Gasteiger partial charge in [-0.05, 0) is 23.3 Å². The van der Waals surface area contributed by atoms with E-state index >= 15 is 0 Å². The molecule has 0 aliphatic carbocycles. The molecule has 0 saturated carbocycles. The number of carbonyl (C=O) groups excluding carboxylic acids is 2. The molecule has 1 aromatic heterocycles. The van der Waals surface area contributed by atoms with Crippen molar-refractivity contribution in [3.63, 3.8) is 0 Å². The Hall–Kier alpha value is -3.05. The van der Waals surface area contributed by atoms with E-state index in [1.807, 2.05) is 0 Å². The summed E-state index contributed by atoms with van der Waals surface area (Å²) in [4.78, 5) is 46.3. The second-order valence-corrected chi connectivity index (χ2v) is 9.02. The lowest BCUT2D eigenvalue weighted by Crippen LogP contribution is -2.70. The number of nitrogens with one attached hydrogen (secondary N) is 1. The zero-order valence-corrected chi connectivity index (χ0v) is 17.9. The van der Waals surface area contributed by atoms with Crippen LogP contribution in [0.3, 0.4) is 0 Å². The number of rotatable bonds is 7. The molecule has 2 aliphatic heterocycles. The van der Waals surface area contributed by atoms with E-state index in [0.29, 0.717) is 28.3 Å². The summed E-state index contributed by atoms with van der Waals surface area (Å²) in [6.07, 6.45) is 3.09. The number of aromatic nitrogens is 2.